The van der Waals surface area contributed by atoms with Gasteiger partial charge in [0.25, 0.3) is 0 Å². The molecule has 2 unspecified atom stereocenters. The highest BCUT2D eigenvalue weighted by Gasteiger charge is 2.37. The number of hydrogen-bond acceptors (Lipinski definition) is 5. The molecular formula is C23H24F6N4O3. The van der Waals surface area contributed by atoms with Gasteiger partial charge in [0.15, 0.2) is 0 Å². The molecule has 1 aromatic heterocycles. The summed E-state index contributed by atoms with van der Waals surface area (Å²) in [6, 6.07) is 3.45. The van der Waals surface area contributed by atoms with Crippen molar-refractivity contribution < 1.29 is 40.6 Å². The van der Waals surface area contributed by atoms with Gasteiger partial charge >= 0.3 is 18.4 Å². The topological polar surface area (TPSA) is 59.8 Å². The molecule has 0 radical (unpaired) electrons. The van der Waals surface area contributed by atoms with Crippen LogP contribution in [0.4, 0.5) is 31.1 Å². The van der Waals surface area contributed by atoms with Gasteiger partial charge in [0.05, 0.1) is 42.2 Å². The van der Waals surface area contributed by atoms with Gasteiger partial charge in [0.2, 0.25) is 0 Å². The molecule has 5 rings (SSSR count). The van der Waals surface area contributed by atoms with Crippen LogP contribution in [0.2, 0.25) is 0 Å². The Hall–Kier alpha value is -2.80. The number of aromatic nitrogens is 2. The summed E-state index contributed by atoms with van der Waals surface area (Å²) in [7, 11) is 0. The summed E-state index contributed by atoms with van der Waals surface area (Å²) in [5.41, 5.74) is -1.79. The van der Waals surface area contributed by atoms with Crippen LogP contribution in [0.3, 0.4) is 0 Å². The maximum atomic E-state index is 13.1. The number of halogens is 6. The molecule has 0 N–H and O–H groups in total. The van der Waals surface area contributed by atoms with Crippen molar-refractivity contribution in [3.63, 3.8) is 0 Å². The molecule has 13 heteroatoms. The number of nitrogens with zero attached hydrogens (tertiary/aromatic N) is 4. The lowest BCUT2D eigenvalue weighted by atomic mass is 10.1. The molecule has 1 amide bonds. The second kappa shape index (κ2) is 9.25. The number of fused-ring (bicyclic) bond motifs is 2. The predicted molar refractivity (Wildman–Crippen MR) is 113 cm³/mol. The third-order valence-corrected chi connectivity index (χ3v) is 6.80. The number of ether oxygens (including phenoxy) is 2. The predicted octanol–water partition coefficient (Wildman–Crippen LogP) is 4.61. The smallest absolute Gasteiger partial charge is 0.416 e. The van der Waals surface area contributed by atoms with E-state index in [1.54, 1.807) is 4.68 Å². The second-order valence-electron chi connectivity index (χ2n) is 9.29. The van der Waals surface area contributed by atoms with Crippen molar-refractivity contribution in [3.8, 4) is 0 Å². The van der Waals surface area contributed by atoms with Crippen molar-refractivity contribution in [3.05, 3.63) is 52.3 Å². The highest BCUT2D eigenvalue weighted by molar-refractivity contribution is 5.67. The van der Waals surface area contributed by atoms with Gasteiger partial charge in [-0.15, -0.1) is 0 Å². The zero-order chi connectivity index (χ0) is 25.7. The summed E-state index contributed by atoms with van der Waals surface area (Å²) in [6.07, 6.45) is -8.66. The number of carbonyl (C=O) groups is 1. The lowest BCUT2D eigenvalue weighted by Crippen LogP contribution is -2.42. The Balaban J connectivity index is 1.23. The molecule has 2 aromatic rings. The molecule has 3 aliphatic heterocycles. The fourth-order valence-electron chi connectivity index (χ4n) is 4.94. The van der Waals surface area contributed by atoms with Gasteiger partial charge in [0.1, 0.15) is 12.7 Å². The number of benzene rings is 1. The Bertz CT molecular complexity index is 1100. The SMILES string of the molecule is O=C(OCc1cc(C(F)(F)F)cc(C(F)(F)F)c1)N1CCn2nc(C3CN4CCCC4CO3)cc2C1. The third kappa shape index (κ3) is 5.17. The van der Waals surface area contributed by atoms with Crippen LogP contribution >= 0.6 is 0 Å². The van der Waals surface area contributed by atoms with Crippen molar-refractivity contribution >= 4 is 6.09 Å². The first-order valence-corrected chi connectivity index (χ1v) is 11.6. The highest BCUT2D eigenvalue weighted by Crippen LogP contribution is 2.36. The van der Waals surface area contributed by atoms with Crippen LogP contribution in [0.15, 0.2) is 24.3 Å². The van der Waals surface area contributed by atoms with E-state index in [0.717, 1.165) is 37.3 Å². The maximum absolute atomic E-state index is 13.1. The van der Waals surface area contributed by atoms with Crippen LogP contribution in [0.5, 0.6) is 0 Å². The minimum atomic E-state index is -4.97. The fraction of sp³-hybridized carbons (Fsp3) is 0.565. The second-order valence-corrected chi connectivity index (χ2v) is 9.29. The molecule has 196 valence electrons. The molecule has 0 spiro atoms. The molecule has 7 nitrogen and oxygen atoms in total. The van der Waals surface area contributed by atoms with Crippen molar-refractivity contribution in [2.24, 2.45) is 0 Å². The van der Waals surface area contributed by atoms with E-state index in [-0.39, 0.29) is 25.3 Å². The summed E-state index contributed by atoms with van der Waals surface area (Å²) in [6.45, 7) is 2.49. The Labute approximate surface area is 202 Å². The van der Waals surface area contributed by atoms with E-state index in [4.69, 9.17) is 9.47 Å². The molecule has 0 bridgehead atoms. The lowest BCUT2D eigenvalue weighted by Gasteiger charge is -2.34. The van der Waals surface area contributed by atoms with E-state index in [1.807, 2.05) is 6.07 Å². The number of rotatable bonds is 3. The Kier molecular flexibility index (Phi) is 6.39. The molecular weight excluding hydrogens is 494 g/mol. The van der Waals surface area contributed by atoms with Crippen LogP contribution in [0.1, 0.15) is 47.0 Å². The summed E-state index contributed by atoms with van der Waals surface area (Å²) < 4.78 is 91.2. The maximum Gasteiger partial charge on any atom is 0.416 e. The van der Waals surface area contributed by atoms with Gasteiger partial charge in [0, 0.05) is 19.1 Å². The average molecular weight is 518 g/mol. The average Bonchev–Trinajstić information content (AvgIpc) is 3.47. The van der Waals surface area contributed by atoms with Crippen molar-refractivity contribution in [2.45, 2.75) is 57.0 Å². The molecule has 2 saturated heterocycles. The van der Waals surface area contributed by atoms with Crippen LogP contribution in [-0.4, -0.2) is 58.0 Å². The summed E-state index contributed by atoms with van der Waals surface area (Å²) >= 11 is 0. The van der Waals surface area contributed by atoms with Crippen LogP contribution in [0, 0.1) is 0 Å². The Morgan fingerprint density at radius 1 is 1.03 bits per heavy atom. The van der Waals surface area contributed by atoms with Gasteiger partial charge in [-0.3, -0.25) is 9.58 Å². The monoisotopic (exact) mass is 518 g/mol. The van der Waals surface area contributed by atoms with E-state index < -0.39 is 41.7 Å². The number of hydrogen-bond donors (Lipinski definition) is 0. The molecule has 0 saturated carbocycles. The van der Waals surface area contributed by atoms with Crippen molar-refractivity contribution in [2.75, 3.05) is 26.2 Å². The Morgan fingerprint density at radius 2 is 1.75 bits per heavy atom. The van der Waals surface area contributed by atoms with Crippen LogP contribution in [0.25, 0.3) is 0 Å². The van der Waals surface area contributed by atoms with E-state index in [1.165, 1.54) is 4.90 Å². The number of alkyl halides is 6. The van der Waals surface area contributed by atoms with Gasteiger partial charge in [-0.25, -0.2) is 4.79 Å². The van der Waals surface area contributed by atoms with E-state index >= 15 is 0 Å². The van der Waals surface area contributed by atoms with Gasteiger partial charge in [-0.05, 0) is 49.2 Å². The van der Waals surface area contributed by atoms with E-state index in [0.29, 0.717) is 31.3 Å². The van der Waals surface area contributed by atoms with Gasteiger partial charge in [-0.2, -0.15) is 31.4 Å². The highest BCUT2D eigenvalue weighted by atomic mass is 19.4. The normalized spacial score (nSPS) is 22.9. The zero-order valence-corrected chi connectivity index (χ0v) is 19.1. The molecule has 36 heavy (non-hydrogen) atoms. The fourth-order valence-corrected chi connectivity index (χ4v) is 4.94. The standard InChI is InChI=1S/C23H24F6N4O3/c24-22(25,26)15-6-14(7-16(8-15)23(27,28)29)12-36-21(34)32-4-5-33-18(10-32)9-19(30-33)20-11-31-3-1-2-17(31)13-35-20/h6-9,17,20H,1-5,10-13H2. The summed E-state index contributed by atoms with van der Waals surface area (Å²) in [4.78, 5) is 16.3. The Morgan fingerprint density at radius 3 is 2.44 bits per heavy atom. The molecule has 2 fully saturated rings. The number of morpholine rings is 1. The first-order valence-electron chi connectivity index (χ1n) is 11.6. The largest absolute Gasteiger partial charge is 0.445 e. The van der Waals surface area contributed by atoms with Crippen LogP contribution < -0.4 is 0 Å². The van der Waals surface area contributed by atoms with Crippen molar-refractivity contribution in [1.29, 1.82) is 0 Å². The lowest BCUT2D eigenvalue weighted by molar-refractivity contribution is -0.143. The van der Waals surface area contributed by atoms with Gasteiger partial charge in [-0.1, -0.05) is 0 Å². The molecule has 1 aromatic carbocycles. The summed E-state index contributed by atoms with van der Waals surface area (Å²) in [5.74, 6) is 0. The number of amides is 1. The van der Waals surface area contributed by atoms with E-state index in [9.17, 15) is 31.1 Å². The molecule has 2 atom stereocenters. The van der Waals surface area contributed by atoms with Gasteiger partial charge < -0.3 is 14.4 Å². The quantitative estimate of drug-likeness (QED) is 0.556. The van der Waals surface area contributed by atoms with Crippen LogP contribution in [-0.2, 0) is 41.5 Å². The molecule has 3 aliphatic rings. The third-order valence-electron chi connectivity index (χ3n) is 6.80. The molecule has 0 aliphatic carbocycles. The van der Waals surface area contributed by atoms with Crippen molar-refractivity contribution in [1.82, 2.24) is 19.6 Å². The van der Waals surface area contributed by atoms with E-state index in [2.05, 4.69) is 10.00 Å². The number of carbonyl (C=O) groups excluding carboxylic acids is 1. The minimum absolute atomic E-state index is 0.0363. The first kappa shape index (κ1) is 24.9. The summed E-state index contributed by atoms with van der Waals surface area (Å²) in [5, 5.41) is 4.61. The zero-order valence-electron chi connectivity index (χ0n) is 19.1. The molecule has 4 heterocycles. The minimum Gasteiger partial charge on any atom is -0.445 e. The first-order chi connectivity index (χ1) is 17.0.